The molecular formula is C14H15N5O5. The van der Waals surface area contributed by atoms with E-state index in [1.54, 1.807) is 6.07 Å². The molecule has 0 radical (unpaired) electrons. The number of esters is 1. The van der Waals surface area contributed by atoms with Gasteiger partial charge in [0.2, 0.25) is 5.60 Å². The summed E-state index contributed by atoms with van der Waals surface area (Å²) in [7, 11) is 0. The van der Waals surface area contributed by atoms with Crippen LogP contribution in [0.5, 0.6) is 0 Å². The first-order valence-corrected chi connectivity index (χ1v) is 7.08. The first-order valence-electron chi connectivity index (χ1n) is 7.08. The van der Waals surface area contributed by atoms with E-state index in [2.05, 4.69) is 10.1 Å². The fourth-order valence-corrected chi connectivity index (χ4v) is 2.75. The summed E-state index contributed by atoms with van der Waals surface area (Å²) >= 11 is 0. The second kappa shape index (κ2) is 5.72. The molecule has 1 aliphatic heterocycles. The lowest BCUT2D eigenvalue weighted by Gasteiger charge is -2.24. The topological polar surface area (TPSA) is 156 Å². The Morgan fingerprint density at radius 2 is 2.33 bits per heavy atom. The van der Waals surface area contributed by atoms with Crippen LogP contribution in [0, 0.1) is 11.3 Å². The highest BCUT2D eigenvalue weighted by Gasteiger charge is 2.57. The van der Waals surface area contributed by atoms with E-state index >= 15 is 0 Å². The molecule has 0 aliphatic carbocycles. The molecule has 3 heterocycles. The van der Waals surface area contributed by atoms with Gasteiger partial charge < -0.3 is 25.4 Å². The third-order valence-electron chi connectivity index (χ3n) is 3.94. The number of nitrogens with zero attached hydrogens (tertiary/aromatic N) is 4. The number of nitrogens with two attached hydrogens (primary N) is 1. The number of nitrogen functional groups attached to an aromatic ring is 1. The summed E-state index contributed by atoms with van der Waals surface area (Å²) in [5.41, 5.74) is 4.48. The number of ether oxygens (including phenoxy) is 2. The van der Waals surface area contributed by atoms with Crippen LogP contribution in [0.15, 0.2) is 18.5 Å². The second-order valence-corrected chi connectivity index (χ2v) is 5.40. The summed E-state index contributed by atoms with van der Waals surface area (Å²) in [6.07, 6.45) is -2.86. The molecule has 4 N–H and O–H groups in total. The van der Waals surface area contributed by atoms with Gasteiger partial charge in [-0.1, -0.05) is 0 Å². The summed E-state index contributed by atoms with van der Waals surface area (Å²) in [6, 6.07) is 4.98. The molecule has 1 fully saturated rings. The van der Waals surface area contributed by atoms with Gasteiger partial charge in [0.15, 0.2) is 5.82 Å². The minimum absolute atomic E-state index is 0.186. The predicted octanol–water partition coefficient (Wildman–Crippen LogP) is -1.29. The highest BCUT2D eigenvalue weighted by atomic mass is 16.6. The smallest absolute Gasteiger partial charge is 0.302 e. The maximum atomic E-state index is 10.9. The summed E-state index contributed by atoms with van der Waals surface area (Å²) in [5, 5.41) is 34.3. The van der Waals surface area contributed by atoms with Gasteiger partial charge in [-0.2, -0.15) is 10.4 Å². The molecule has 0 amide bonds. The summed E-state index contributed by atoms with van der Waals surface area (Å²) in [6.45, 7) is 0.910. The van der Waals surface area contributed by atoms with Crippen LogP contribution in [0.25, 0.3) is 5.52 Å². The molecule has 3 rings (SSSR count). The molecule has 0 bridgehead atoms. The summed E-state index contributed by atoms with van der Waals surface area (Å²) in [4.78, 5) is 14.8. The molecule has 0 saturated carbocycles. The standard InChI is InChI=1S/C14H15N5O5/c1-7(20)23-4-9-11(21)12(22)14(5-15,24-9)10-3-2-8-13(16)17-6-18-19(8)10/h2-3,6,9,11-12,21-22H,4H2,1H3,(H2,16,17,18)/t9-,11-,12-,14+/m1/s1. The van der Waals surface area contributed by atoms with E-state index < -0.39 is 29.9 Å². The Kier molecular flexibility index (Phi) is 3.84. The van der Waals surface area contributed by atoms with Crippen molar-refractivity contribution >= 4 is 17.3 Å². The van der Waals surface area contributed by atoms with Crippen molar-refractivity contribution in [2.45, 2.75) is 30.8 Å². The first-order chi connectivity index (χ1) is 11.4. The fraction of sp³-hybridized carbons (Fsp3) is 0.429. The number of anilines is 1. The normalized spacial score (nSPS) is 29.5. The number of carbonyl (C=O) groups is 1. The number of fused-ring (bicyclic) bond motifs is 1. The summed E-state index contributed by atoms with van der Waals surface area (Å²) < 4.78 is 11.7. The molecule has 10 heteroatoms. The van der Waals surface area contributed by atoms with Crippen molar-refractivity contribution in [3.05, 3.63) is 24.2 Å². The zero-order valence-electron chi connectivity index (χ0n) is 12.7. The Morgan fingerprint density at radius 3 is 3.00 bits per heavy atom. The van der Waals surface area contributed by atoms with E-state index in [4.69, 9.17) is 15.2 Å². The lowest BCUT2D eigenvalue weighted by atomic mass is 9.92. The lowest BCUT2D eigenvalue weighted by Crippen LogP contribution is -2.41. The number of hydrogen-bond acceptors (Lipinski definition) is 9. The van der Waals surface area contributed by atoms with Gasteiger partial charge in [0.1, 0.15) is 42.8 Å². The fourth-order valence-electron chi connectivity index (χ4n) is 2.75. The second-order valence-electron chi connectivity index (χ2n) is 5.40. The third kappa shape index (κ3) is 2.26. The number of aliphatic hydroxyl groups excluding tert-OH is 2. The van der Waals surface area contributed by atoms with Gasteiger partial charge in [-0.25, -0.2) is 9.50 Å². The van der Waals surface area contributed by atoms with Crippen molar-refractivity contribution in [2.75, 3.05) is 12.3 Å². The molecule has 0 aromatic carbocycles. The SMILES string of the molecule is CC(=O)OC[C@H]1O[C@@](C#N)(c2ccc3c(N)ncnn23)[C@H](O)[C@@H]1O. The van der Waals surface area contributed by atoms with Crippen LogP contribution in [0.1, 0.15) is 12.6 Å². The predicted molar refractivity (Wildman–Crippen MR) is 78.2 cm³/mol. The molecule has 2 aromatic heterocycles. The molecule has 10 nitrogen and oxygen atoms in total. The van der Waals surface area contributed by atoms with Crippen LogP contribution in [0.2, 0.25) is 0 Å². The van der Waals surface area contributed by atoms with Crippen molar-refractivity contribution in [3.8, 4) is 6.07 Å². The maximum Gasteiger partial charge on any atom is 0.302 e. The molecule has 2 aromatic rings. The molecule has 24 heavy (non-hydrogen) atoms. The van der Waals surface area contributed by atoms with Crippen LogP contribution in [-0.4, -0.2) is 55.7 Å². The zero-order chi connectivity index (χ0) is 17.5. The monoisotopic (exact) mass is 333 g/mol. The lowest BCUT2D eigenvalue weighted by molar-refractivity contribution is -0.148. The maximum absolute atomic E-state index is 10.9. The molecule has 0 spiro atoms. The van der Waals surface area contributed by atoms with Gasteiger partial charge in [0.25, 0.3) is 0 Å². The van der Waals surface area contributed by atoms with Gasteiger partial charge in [-0.3, -0.25) is 4.79 Å². The van der Waals surface area contributed by atoms with Crippen molar-refractivity contribution < 1.29 is 24.5 Å². The van der Waals surface area contributed by atoms with Crippen LogP contribution < -0.4 is 5.73 Å². The molecule has 4 atom stereocenters. The molecule has 126 valence electrons. The molecule has 1 saturated heterocycles. The number of nitriles is 1. The van der Waals surface area contributed by atoms with Gasteiger partial charge in [0, 0.05) is 6.92 Å². The zero-order valence-corrected chi connectivity index (χ0v) is 12.7. The number of carbonyl (C=O) groups excluding carboxylic acids is 1. The van der Waals surface area contributed by atoms with Crippen LogP contribution in [-0.2, 0) is 19.9 Å². The van der Waals surface area contributed by atoms with E-state index in [-0.39, 0.29) is 18.1 Å². The van der Waals surface area contributed by atoms with Gasteiger partial charge >= 0.3 is 5.97 Å². The largest absolute Gasteiger partial charge is 0.463 e. The van der Waals surface area contributed by atoms with Crippen molar-refractivity contribution in [1.29, 1.82) is 5.26 Å². The highest BCUT2D eigenvalue weighted by molar-refractivity contribution is 5.66. The Morgan fingerprint density at radius 1 is 1.58 bits per heavy atom. The van der Waals surface area contributed by atoms with Gasteiger partial charge in [-0.05, 0) is 12.1 Å². The number of rotatable bonds is 3. The average Bonchev–Trinajstić information content (AvgIpc) is 3.09. The first kappa shape index (κ1) is 16.1. The summed E-state index contributed by atoms with van der Waals surface area (Å²) in [5.74, 6) is -0.378. The van der Waals surface area contributed by atoms with E-state index in [9.17, 15) is 20.3 Å². The average molecular weight is 333 g/mol. The number of aliphatic hydroxyl groups is 2. The minimum atomic E-state index is -1.89. The van der Waals surface area contributed by atoms with Crippen LogP contribution >= 0.6 is 0 Å². The number of hydrogen-bond donors (Lipinski definition) is 3. The van der Waals surface area contributed by atoms with Gasteiger partial charge in [0.05, 0.1) is 5.69 Å². The van der Waals surface area contributed by atoms with E-state index in [1.165, 1.54) is 23.8 Å². The Hall–Kier alpha value is -2.74. The van der Waals surface area contributed by atoms with E-state index in [0.717, 1.165) is 0 Å². The molecular weight excluding hydrogens is 318 g/mol. The van der Waals surface area contributed by atoms with Gasteiger partial charge in [-0.15, -0.1) is 0 Å². The Bertz CT molecular complexity index is 831. The van der Waals surface area contributed by atoms with Crippen molar-refractivity contribution in [1.82, 2.24) is 14.6 Å². The van der Waals surface area contributed by atoms with Crippen LogP contribution in [0.4, 0.5) is 5.82 Å². The molecule has 1 aliphatic rings. The quantitative estimate of drug-likeness (QED) is 0.582. The van der Waals surface area contributed by atoms with Crippen LogP contribution in [0.3, 0.4) is 0 Å². The highest BCUT2D eigenvalue weighted by Crippen LogP contribution is 2.40. The van der Waals surface area contributed by atoms with Crippen molar-refractivity contribution in [2.24, 2.45) is 0 Å². The third-order valence-corrected chi connectivity index (χ3v) is 3.94. The minimum Gasteiger partial charge on any atom is -0.463 e. The number of aromatic nitrogens is 3. The van der Waals surface area contributed by atoms with Crippen molar-refractivity contribution in [3.63, 3.8) is 0 Å². The Balaban J connectivity index is 2.04. The molecule has 0 unspecified atom stereocenters. The Labute approximate surface area is 136 Å². The van der Waals surface area contributed by atoms with E-state index in [1.807, 2.05) is 6.07 Å². The van der Waals surface area contributed by atoms with E-state index in [0.29, 0.717) is 5.52 Å².